The first kappa shape index (κ1) is 13.5. The van der Waals surface area contributed by atoms with Gasteiger partial charge in [-0.1, -0.05) is 24.6 Å². The molecule has 0 bridgehead atoms. The molecule has 104 valence electrons. The number of benzene rings is 1. The lowest BCUT2D eigenvalue weighted by Gasteiger charge is -2.41. The zero-order valence-electron chi connectivity index (χ0n) is 12.2. The zero-order chi connectivity index (χ0) is 13.3. The van der Waals surface area contributed by atoms with Crippen LogP contribution in [0.4, 0.5) is 0 Å². The van der Waals surface area contributed by atoms with Gasteiger partial charge < -0.3 is 5.32 Å². The van der Waals surface area contributed by atoms with Crippen molar-refractivity contribution < 1.29 is 0 Å². The third kappa shape index (κ3) is 2.71. The molecular formula is C17H25NS. The van der Waals surface area contributed by atoms with Crippen LogP contribution < -0.4 is 5.32 Å². The number of rotatable bonds is 5. The molecule has 0 amide bonds. The van der Waals surface area contributed by atoms with Crippen LogP contribution in [0, 0.1) is 0 Å². The van der Waals surface area contributed by atoms with Crippen LogP contribution in [0.25, 0.3) is 0 Å². The number of nitrogens with one attached hydrogen (secondary N) is 1. The monoisotopic (exact) mass is 275 g/mol. The molecule has 1 aromatic carbocycles. The first-order chi connectivity index (χ1) is 9.22. The predicted octanol–water partition coefficient (Wildman–Crippen LogP) is 4.11. The van der Waals surface area contributed by atoms with E-state index in [2.05, 4.69) is 48.5 Å². The number of fused-ring (bicyclic) bond motifs is 1. The van der Waals surface area contributed by atoms with Crippen LogP contribution in [0.15, 0.2) is 18.2 Å². The maximum atomic E-state index is 3.76. The minimum Gasteiger partial charge on any atom is -0.309 e. The van der Waals surface area contributed by atoms with Gasteiger partial charge in [-0.25, -0.2) is 0 Å². The molecule has 0 aromatic heterocycles. The normalized spacial score (nSPS) is 21.8. The first-order valence-corrected chi connectivity index (χ1v) is 8.85. The van der Waals surface area contributed by atoms with E-state index < -0.39 is 0 Å². The Bertz CT molecular complexity index is 445. The summed E-state index contributed by atoms with van der Waals surface area (Å²) in [6.07, 6.45) is 10.4. The summed E-state index contributed by atoms with van der Waals surface area (Å²) in [5.74, 6) is 0. The SMILES string of the molecule is CSC1(CNC(C)c2ccc3c(c2)CCC3)CCC1. The molecule has 1 saturated carbocycles. The molecular weight excluding hydrogens is 250 g/mol. The van der Waals surface area contributed by atoms with Gasteiger partial charge in [0.2, 0.25) is 0 Å². The highest BCUT2D eigenvalue weighted by Crippen LogP contribution is 2.42. The molecule has 2 aliphatic rings. The molecule has 1 N–H and O–H groups in total. The van der Waals surface area contributed by atoms with Gasteiger partial charge in [0.1, 0.15) is 0 Å². The van der Waals surface area contributed by atoms with Crippen molar-refractivity contribution in [3.8, 4) is 0 Å². The van der Waals surface area contributed by atoms with E-state index in [1.807, 2.05) is 0 Å². The van der Waals surface area contributed by atoms with Crippen LogP contribution in [0.2, 0.25) is 0 Å². The van der Waals surface area contributed by atoms with Crippen molar-refractivity contribution in [3.63, 3.8) is 0 Å². The van der Waals surface area contributed by atoms with Crippen molar-refractivity contribution >= 4 is 11.8 Å². The quantitative estimate of drug-likeness (QED) is 0.868. The summed E-state index contributed by atoms with van der Waals surface area (Å²) < 4.78 is 0.533. The van der Waals surface area contributed by atoms with Gasteiger partial charge in [-0.2, -0.15) is 11.8 Å². The lowest BCUT2D eigenvalue weighted by atomic mass is 9.84. The fourth-order valence-electron chi connectivity index (χ4n) is 3.34. The molecule has 19 heavy (non-hydrogen) atoms. The van der Waals surface area contributed by atoms with Crippen molar-refractivity contribution in [1.82, 2.24) is 5.32 Å². The van der Waals surface area contributed by atoms with E-state index in [1.54, 1.807) is 11.1 Å². The number of aryl methyl sites for hydroxylation is 2. The fourth-order valence-corrected chi connectivity index (χ4v) is 4.27. The van der Waals surface area contributed by atoms with Gasteiger partial charge in [0.05, 0.1) is 0 Å². The van der Waals surface area contributed by atoms with E-state index >= 15 is 0 Å². The average Bonchev–Trinajstić information content (AvgIpc) is 2.84. The molecule has 0 radical (unpaired) electrons. The average molecular weight is 275 g/mol. The summed E-state index contributed by atoms with van der Waals surface area (Å²) in [6.45, 7) is 3.47. The van der Waals surface area contributed by atoms with Gasteiger partial charge in [-0.3, -0.25) is 0 Å². The molecule has 1 aromatic rings. The maximum absolute atomic E-state index is 3.76. The standard InChI is InChI=1S/C17H25NS/c1-13(18-12-17(19-2)9-4-10-17)15-8-7-14-5-3-6-16(14)11-15/h7-8,11,13,18H,3-6,9-10,12H2,1-2H3. The minimum absolute atomic E-state index is 0.482. The fraction of sp³-hybridized carbons (Fsp3) is 0.647. The molecule has 2 heteroatoms. The van der Waals surface area contributed by atoms with Gasteiger partial charge in [-0.05, 0) is 62.0 Å². The van der Waals surface area contributed by atoms with Crippen LogP contribution in [0.5, 0.6) is 0 Å². The Morgan fingerprint density at radius 2 is 2.00 bits per heavy atom. The van der Waals surface area contributed by atoms with Gasteiger partial charge in [-0.15, -0.1) is 0 Å². The lowest BCUT2D eigenvalue weighted by molar-refractivity contribution is 0.334. The molecule has 1 atom stereocenters. The highest BCUT2D eigenvalue weighted by atomic mass is 32.2. The molecule has 1 unspecified atom stereocenters. The van der Waals surface area contributed by atoms with Crippen LogP contribution in [-0.4, -0.2) is 17.5 Å². The third-order valence-electron chi connectivity index (χ3n) is 5.05. The summed E-state index contributed by atoms with van der Waals surface area (Å²) in [5, 5.41) is 3.76. The predicted molar refractivity (Wildman–Crippen MR) is 85.0 cm³/mol. The lowest BCUT2D eigenvalue weighted by Crippen LogP contribution is -2.44. The van der Waals surface area contributed by atoms with Crippen molar-refractivity contribution in [2.45, 2.75) is 56.2 Å². The topological polar surface area (TPSA) is 12.0 Å². The number of hydrogen-bond donors (Lipinski definition) is 1. The van der Waals surface area contributed by atoms with Gasteiger partial charge in [0, 0.05) is 17.3 Å². The maximum Gasteiger partial charge on any atom is 0.0292 e. The number of hydrogen-bond acceptors (Lipinski definition) is 2. The Kier molecular flexibility index (Phi) is 3.91. The Morgan fingerprint density at radius 1 is 1.21 bits per heavy atom. The molecule has 0 saturated heterocycles. The Hall–Kier alpha value is -0.470. The van der Waals surface area contributed by atoms with Gasteiger partial charge in [0.25, 0.3) is 0 Å². The van der Waals surface area contributed by atoms with Crippen LogP contribution in [-0.2, 0) is 12.8 Å². The highest BCUT2D eigenvalue weighted by Gasteiger charge is 2.35. The van der Waals surface area contributed by atoms with E-state index in [0.717, 1.165) is 6.54 Å². The molecule has 0 spiro atoms. The number of thioether (sulfide) groups is 1. The molecule has 1 fully saturated rings. The van der Waals surface area contributed by atoms with Crippen molar-refractivity contribution in [1.29, 1.82) is 0 Å². The van der Waals surface area contributed by atoms with Crippen LogP contribution >= 0.6 is 11.8 Å². The molecule has 2 aliphatic carbocycles. The van der Waals surface area contributed by atoms with E-state index in [9.17, 15) is 0 Å². The van der Waals surface area contributed by atoms with E-state index in [-0.39, 0.29) is 0 Å². The van der Waals surface area contributed by atoms with E-state index in [1.165, 1.54) is 44.1 Å². The van der Waals surface area contributed by atoms with Gasteiger partial charge >= 0.3 is 0 Å². The second-order valence-corrected chi connectivity index (χ2v) is 7.50. The summed E-state index contributed by atoms with van der Waals surface area (Å²) >= 11 is 2.05. The summed E-state index contributed by atoms with van der Waals surface area (Å²) in [6, 6.07) is 7.60. The summed E-state index contributed by atoms with van der Waals surface area (Å²) in [7, 11) is 0. The van der Waals surface area contributed by atoms with E-state index in [0.29, 0.717) is 10.8 Å². The zero-order valence-corrected chi connectivity index (χ0v) is 13.0. The second-order valence-electron chi connectivity index (χ2n) is 6.22. The second kappa shape index (κ2) is 5.49. The van der Waals surface area contributed by atoms with Crippen molar-refractivity contribution in [2.24, 2.45) is 0 Å². The smallest absolute Gasteiger partial charge is 0.0292 e. The molecule has 0 heterocycles. The molecule has 3 rings (SSSR count). The Balaban J connectivity index is 1.62. The first-order valence-electron chi connectivity index (χ1n) is 7.63. The summed E-state index contributed by atoms with van der Waals surface area (Å²) in [5.41, 5.74) is 4.64. The minimum atomic E-state index is 0.482. The molecule has 1 nitrogen and oxygen atoms in total. The van der Waals surface area contributed by atoms with Gasteiger partial charge in [0.15, 0.2) is 0 Å². The largest absolute Gasteiger partial charge is 0.309 e. The van der Waals surface area contributed by atoms with Crippen molar-refractivity contribution in [2.75, 3.05) is 12.8 Å². The summed E-state index contributed by atoms with van der Waals surface area (Å²) in [4.78, 5) is 0. The third-order valence-corrected chi connectivity index (χ3v) is 6.47. The van der Waals surface area contributed by atoms with Crippen LogP contribution in [0.1, 0.15) is 55.3 Å². The van der Waals surface area contributed by atoms with Crippen LogP contribution in [0.3, 0.4) is 0 Å². The van der Waals surface area contributed by atoms with E-state index in [4.69, 9.17) is 0 Å². The molecule has 0 aliphatic heterocycles. The highest BCUT2D eigenvalue weighted by molar-refractivity contribution is 8.00. The Morgan fingerprint density at radius 3 is 2.68 bits per heavy atom. The Labute approximate surface area is 121 Å². The van der Waals surface area contributed by atoms with Crippen molar-refractivity contribution in [3.05, 3.63) is 34.9 Å².